The minimum atomic E-state index is -0.709. The molecule has 0 aliphatic heterocycles. The zero-order valence-corrected chi connectivity index (χ0v) is 11.1. The number of rotatable bonds is 7. The van der Waals surface area contributed by atoms with Crippen LogP contribution in [-0.2, 0) is 22.5 Å². The van der Waals surface area contributed by atoms with Crippen molar-refractivity contribution < 1.29 is 9.53 Å². The van der Waals surface area contributed by atoms with Gasteiger partial charge in [0.15, 0.2) is 5.78 Å². The van der Waals surface area contributed by atoms with Crippen molar-refractivity contribution in [1.82, 2.24) is 14.8 Å². The Bertz CT molecular complexity index is 376. The smallest absolute Gasteiger partial charge is 0.171 e. The van der Waals surface area contributed by atoms with Crippen molar-refractivity contribution in [3.63, 3.8) is 0 Å². The fraction of sp³-hybridized carbons (Fsp3) is 0.750. The molecule has 1 atom stereocenters. The highest BCUT2D eigenvalue weighted by Gasteiger charge is 2.32. The molecule has 17 heavy (non-hydrogen) atoms. The first kappa shape index (κ1) is 13.8. The van der Waals surface area contributed by atoms with Gasteiger partial charge in [0.1, 0.15) is 17.8 Å². The molecule has 96 valence electrons. The third-order valence-corrected chi connectivity index (χ3v) is 3.04. The summed E-state index contributed by atoms with van der Waals surface area (Å²) in [6, 6.07) is 0. The molecule has 1 aromatic heterocycles. The molecule has 0 aliphatic carbocycles. The number of carbonyl (C=O) groups excluding carboxylic acids is 1. The molecular weight excluding hydrogens is 218 g/mol. The van der Waals surface area contributed by atoms with Crippen LogP contribution in [0.25, 0.3) is 0 Å². The maximum absolute atomic E-state index is 12.2. The van der Waals surface area contributed by atoms with Gasteiger partial charge in [0, 0.05) is 13.2 Å². The van der Waals surface area contributed by atoms with Gasteiger partial charge in [-0.2, -0.15) is 5.10 Å². The monoisotopic (exact) mass is 239 g/mol. The summed E-state index contributed by atoms with van der Waals surface area (Å²) in [7, 11) is 0. The molecule has 0 N–H and O–H groups in total. The highest BCUT2D eigenvalue weighted by molar-refractivity contribution is 5.88. The second kappa shape index (κ2) is 5.91. The Morgan fingerprint density at radius 1 is 1.47 bits per heavy atom. The number of hydrogen-bond donors (Lipinski definition) is 0. The molecule has 0 bridgehead atoms. The van der Waals surface area contributed by atoms with Crippen molar-refractivity contribution in [2.75, 3.05) is 6.61 Å². The molecule has 1 aromatic rings. The van der Waals surface area contributed by atoms with E-state index in [-0.39, 0.29) is 12.2 Å². The molecule has 0 saturated carbocycles. The minimum Gasteiger partial charge on any atom is -0.368 e. The molecular formula is C12H21N3O2. The van der Waals surface area contributed by atoms with Gasteiger partial charge in [-0.3, -0.25) is 4.79 Å². The van der Waals surface area contributed by atoms with E-state index in [4.69, 9.17) is 4.74 Å². The van der Waals surface area contributed by atoms with Gasteiger partial charge < -0.3 is 4.74 Å². The third-order valence-electron chi connectivity index (χ3n) is 3.04. The quantitative estimate of drug-likeness (QED) is 0.725. The van der Waals surface area contributed by atoms with E-state index >= 15 is 0 Å². The summed E-state index contributed by atoms with van der Waals surface area (Å²) in [5, 5.41) is 4.05. The standard InChI is InChI=1S/C12H21N3O2/c1-5-12(4,17-7-3)10(16)8-11-13-9-14-15(11)6-2/h9H,5-8H2,1-4H3. The van der Waals surface area contributed by atoms with Crippen molar-refractivity contribution in [2.45, 2.75) is 52.7 Å². The first-order valence-electron chi connectivity index (χ1n) is 6.11. The van der Waals surface area contributed by atoms with Crippen LogP contribution in [-0.4, -0.2) is 32.8 Å². The highest BCUT2D eigenvalue weighted by atomic mass is 16.5. The minimum absolute atomic E-state index is 0.0598. The Kier molecular flexibility index (Phi) is 4.81. The molecule has 0 amide bonds. The van der Waals surface area contributed by atoms with Crippen LogP contribution in [0.2, 0.25) is 0 Å². The van der Waals surface area contributed by atoms with E-state index in [9.17, 15) is 4.79 Å². The lowest BCUT2D eigenvalue weighted by atomic mass is 9.95. The highest BCUT2D eigenvalue weighted by Crippen LogP contribution is 2.18. The molecule has 0 aliphatic rings. The maximum atomic E-state index is 12.2. The summed E-state index contributed by atoms with van der Waals surface area (Å²) in [5.74, 6) is 0.765. The van der Waals surface area contributed by atoms with Gasteiger partial charge in [0.2, 0.25) is 0 Å². The number of aryl methyl sites for hydroxylation is 1. The second-order valence-electron chi connectivity index (χ2n) is 4.11. The number of ether oxygens (including phenoxy) is 1. The molecule has 0 radical (unpaired) electrons. The summed E-state index contributed by atoms with van der Waals surface area (Å²) in [4.78, 5) is 16.3. The normalized spacial score (nSPS) is 14.6. The van der Waals surface area contributed by atoms with Crippen LogP contribution >= 0.6 is 0 Å². The Balaban J connectivity index is 2.77. The van der Waals surface area contributed by atoms with E-state index in [0.29, 0.717) is 18.9 Å². The van der Waals surface area contributed by atoms with Gasteiger partial charge in [-0.1, -0.05) is 6.92 Å². The maximum Gasteiger partial charge on any atom is 0.171 e. The van der Waals surface area contributed by atoms with E-state index in [2.05, 4.69) is 10.1 Å². The van der Waals surface area contributed by atoms with Crippen LogP contribution in [0.15, 0.2) is 6.33 Å². The van der Waals surface area contributed by atoms with Gasteiger partial charge in [-0.05, 0) is 27.2 Å². The molecule has 1 heterocycles. The average molecular weight is 239 g/mol. The Morgan fingerprint density at radius 3 is 2.71 bits per heavy atom. The van der Waals surface area contributed by atoms with Gasteiger partial charge in [-0.25, -0.2) is 9.67 Å². The Hall–Kier alpha value is -1.23. The largest absolute Gasteiger partial charge is 0.368 e. The number of Topliss-reactive ketones (excluding diaryl/α,β-unsaturated/α-hetero) is 1. The third kappa shape index (κ3) is 3.12. The summed E-state index contributed by atoms with van der Waals surface area (Å²) in [6.45, 7) is 8.93. The number of carbonyl (C=O) groups is 1. The van der Waals surface area contributed by atoms with Gasteiger partial charge >= 0.3 is 0 Å². The van der Waals surface area contributed by atoms with Crippen LogP contribution in [0.1, 0.15) is 39.9 Å². The van der Waals surface area contributed by atoms with Crippen molar-refractivity contribution in [2.24, 2.45) is 0 Å². The van der Waals surface area contributed by atoms with Crippen molar-refractivity contribution in [3.05, 3.63) is 12.2 Å². The Morgan fingerprint density at radius 2 is 2.18 bits per heavy atom. The molecule has 0 fully saturated rings. The average Bonchev–Trinajstić information content (AvgIpc) is 2.76. The summed E-state index contributed by atoms with van der Waals surface area (Å²) in [6.07, 6.45) is 2.42. The van der Waals surface area contributed by atoms with Crippen molar-refractivity contribution >= 4 is 5.78 Å². The molecule has 5 nitrogen and oxygen atoms in total. The SMILES string of the molecule is CCOC(C)(CC)C(=O)Cc1ncnn1CC. The van der Waals surface area contributed by atoms with Crippen LogP contribution < -0.4 is 0 Å². The predicted molar refractivity (Wildman–Crippen MR) is 64.7 cm³/mol. The first-order chi connectivity index (χ1) is 8.07. The zero-order chi connectivity index (χ0) is 12.9. The summed E-state index contributed by atoms with van der Waals surface area (Å²) in [5.41, 5.74) is -0.709. The lowest BCUT2D eigenvalue weighted by Crippen LogP contribution is -2.39. The van der Waals surface area contributed by atoms with Crippen molar-refractivity contribution in [3.8, 4) is 0 Å². The number of aromatic nitrogens is 3. The molecule has 5 heteroatoms. The second-order valence-corrected chi connectivity index (χ2v) is 4.11. The number of ketones is 1. The topological polar surface area (TPSA) is 57.0 Å². The Labute approximate surface area is 102 Å². The zero-order valence-electron chi connectivity index (χ0n) is 11.1. The van der Waals surface area contributed by atoms with Gasteiger partial charge in [0.25, 0.3) is 0 Å². The van der Waals surface area contributed by atoms with E-state index in [1.54, 1.807) is 4.68 Å². The fourth-order valence-electron chi connectivity index (χ4n) is 1.72. The lowest BCUT2D eigenvalue weighted by Gasteiger charge is -2.26. The van der Waals surface area contributed by atoms with Crippen LogP contribution in [0, 0.1) is 0 Å². The van der Waals surface area contributed by atoms with E-state index in [1.807, 2.05) is 27.7 Å². The molecule has 0 spiro atoms. The van der Waals surface area contributed by atoms with Crippen LogP contribution in [0.5, 0.6) is 0 Å². The fourth-order valence-corrected chi connectivity index (χ4v) is 1.72. The lowest BCUT2D eigenvalue weighted by molar-refractivity contribution is -0.141. The van der Waals surface area contributed by atoms with E-state index in [0.717, 1.165) is 6.54 Å². The number of hydrogen-bond acceptors (Lipinski definition) is 4. The predicted octanol–water partition coefficient (Wildman–Crippen LogP) is 1.61. The molecule has 1 unspecified atom stereocenters. The van der Waals surface area contributed by atoms with Crippen molar-refractivity contribution in [1.29, 1.82) is 0 Å². The summed E-state index contributed by atoms with van der Waals surface area (Å²) >= 11 is 0. The molecule has 0 aromatic carbocycles. The van der Waals surface area contributed by atoms with Gasteiger partial charge in [0.05, 0.1) is 6.42 Å². The van der Waals surface area contributed by atoms with E-state index < -0.39 is 5.60 Å². The number of nitrogens with zero attached hydrogens (tertiary/aromatic N) is 3. The first-order valence-corrected chi connectivity index (χ1v) is 6.11. The van der Waals surface area contributed by atoms with E-state index in [1.165, 1.54) is 6.33 Å². The van der Waals surface area contributed by atoms with Gasteiger partial charge in [-0.15, -0.1) is 0 Å². The van der Waals surface area contributed by atoms with Crippen LogP contribution in [0.4, 0.5) is 0 Å². The molecule has 1 rings (SSSR count). The molecule has 0 saturated heterocycles. The van der Waals surface area contributed by atoms with Crippen LogP contribution in [0.3, 0.4) is 0 Å². The summed E-state index contributed by atoms with van der Waals surface area (Å²) < 4.78 is 7.29.